The van der Waals surface area contributed by atoms with Crippen molar-refractivity contribution in [2.75, 3.05) is 39.4 Å². The second-order valence-corrected chi connectivity index (χ2v) is 5.54. The van der Waals surface area contributed by atoms with E-state index in [0.717, 1.165) is 38.2 Å². The summed E-state index contributed by atoms with van der Waals surface area (Å²) >= 11 is 0. The highest BCUT2D eigenvalue weighted by molar-refractivity contribution is 5.43. The van der Waals surface area contributed by atoms with Gasteiger partial charge in [0.2, 0.25) is 0 Å². The molecule has 2 aliphatic heterocycles. The van der Waals surface area contributed by atoms with E-state index in [2.05, 4.69) is 10.2 Å². The number of alkyl halides is 3. The Morgan fingerprint density at radius 3 is 2.77 bits per heavy atom. The van der Waals surface area contributed by atoms with Gasteiger partial charge in [-0.3, -0.25) is 4.90 Å². The van der Waals surface area contributed by atoms with Crippen molar-refractivity contribution in [3.05, 3.63) is 23.8 Å². The molecular weight excluding hydrogens is 297 g/mol. The lowest BCUT2D eigenvalue weighted by atomic mass is 9.98. The van der Waals surface area contributed by atoms with Crippen molar-refractivity contribution in [2.24, 2.45) is 0 Å². The molecule has 1 aromatic carbocycles. The van der Waals surface area contributed by atoms with Gasteiger partial charge in [0, 0.05) is 50.3 Å². The fourth-order valence-corrected chi connectivity index (χ4v) is 2.98. The number of benzene rings is 1. The van der Waals surface area contributed by atoms with E-state index in [1.807, 2.05) is 6.07 Å². The second-order valence-electron chi connectivity index (χ2n) is 5.54. The van der Waals surface area contributed by atoms with Crippen LogP contribution in [-0.4, -0.2) is 50.5 Å². The molecule has 1 unspecified atom stereocenters. The van der Waals surface area contributed by atoms with Gasteiger partial charge in [0.1, 0.15) is 11.5 Å². The van der Waals surface area contributed by atoms with Gasteiger partial charge in [0.15, 0.2) is 6.61 Å². The van der Waals surface area contributed by atoms with E-state index < -0.39 is 12.8 Å². The Hall–Kier alpha value is -1.47. The SMILES string of the molecule is FC(F)(F)COc1ccc2c(c1)OCCC2N1CCNCC1. The van der Waals surface area contributed by atoms with Crippen LogP contribution in [0.1, 0.15) is 18.0 Å². The van der Waals surface area contributed by atoms with Crippen molar-refractivity contribution < 1.29 is 22.6 Å². The highest BCUT2D eigenvalue weighted by Crippen LogP contribution is 2.38. The van der Waals surface area contributed by atoms with Crippen molar-refractivity contribution in [1.29, 1.82) is 0 Å². The third-order valence-corrected chi connectivity index (χ3v) is 3.99. The molecule has 0 bridgehead atoms. The van der Waals surface area contributed by atoms with Crippen molar-refractivity contribution in [3.63, 3.8) is 0 Å². The van der Waals surface area contributed by atoms with Gasteiger partial charge in [-0.1, -0.05) is 6.07 Å². The number of nitrogens with one attached hydrogen (secondary N) is 1. The largest absolute Gasteiger partial charge is 0.493 e. The first kappa shape index (κ1) is 15.4. The van der Waals surface area contributed by atoms with Crippen LogP contribution in [0.5, 0.6) is 11.5 Å². The van der Waals surface area contributed by atoms with Crippen LogP contribution in [0, 0.1) is 0 Å². The third kappa shape index (κ3) is 3.64. The van der Waals surface area contributed by atoms with Gasteiger partial charge in [-0.2, -0.15) is 13.2 Å². The molecule has 3 rings (SSSR count). The molecule has 2 aliphatic rings. The fraction of sp³-hybridized carbons (Fsp3) is 0.600. The highest BCUT2D eigenvalue weighted by atomic mass is 19.4. The summed E-state index contributed by atoms with van der Waals surface area (Å²) in [6, 6.07) is 5.25. The maximum absolute atomic E-state index is 12.2. The molecule has 4 nitrogen and oxygen atoms in total. The van der Waals surface area contributed by atoms with Crippen molar-refractivity contribution in [2.45, 2.75) is 18.6 Å². The van der Waals surface area contributed by atoms with Crippen LogP contribution in [0.3, 0.4) is 0 Å². The molecule has 1 atom stereocenters. The summed E-state index contributed by atoms with van der Waals surface area (Å²) in [5.41, 5.74) is 1.03. The monoisotopic (exact) mass is 316 g/mol. The van der Waals surface area contributed by atoms with Gasteiger partial charge in [-0.15, -0.1) is 0 Å². The van der Waals surface area contributed by atoms with Crippen LogP contribution in [0.15, 0.2) is 18.2 Å². The van der Waals surface area contributed by atoms with E-state index in [9.17, 15) is 13.2 Å². The van der Waals surface area contributed by atoms with E-state index in [1.165, 1.54) is 0 Å². The van der Waals surface area contributed by atoms with Crippen molar-refractivity contribution in [1.82, 2.24) is 10.2 Å². The standard InChI is InChI=1S/C15H19F3N2O2/c16-15(17,18)10-22-11-1-2-12-13(3-8-21-14(12)9-11)20-6-4-19-5-7-20/h1-2,9,13,19H,3-8,10H2. The molecule has 2 heterocycles. The number of hydrogen-bond acceptors (Lipinski definition) is 4. The molecule has 1 N–H and O–H groups in total. The van der Waals surface area contributed by atoms with Crippen molar-refractivity contribution in [3.8, 4) is 11.5 Å². The number of nitrogens with zero attached hydrogens (tertiary/aromatic N) is 1. The molecule has 7 heteroatoms. The van der Waals surface area contributed by atoms with Crippen LogP contribution < -0.4 is 14.8 Å². The minimum atomic E-state index is -4.33. The summed E-state index contributed by atoms with van der Waals surface area (Å²) in [6.07, 6.45) is -3.43. The fourth-order valence-electron chi connectivity index (χ4n) is 2.98. The molecule has 0 saturated carbocycles. The minimum absolute atomic E-state index is 0.192. The minimum Gasteiger partial charge on any atom is -0.493 e. The molecule has 22 heavy (non-hydrogen) atoms. The second kappa shape index (κ2) is 6.34. The van der Waals surface area contributed by atoms with Gasteiger partial charge >= 0.3 is 6.18 Å². The summed E-state index contributed by atoms with van der Waals surface area (Å²) in [6.45, 7) is 3.14. The van der Waals surface area contributed by atoms with Gasteiger partial charge in [-0.25, -0.2) is 0 Å². The smallest absolute Gasteiger partial charge is 0.422 e. The zero-order chi connectivity index (χ0) is 15.6. The summed E-state index contributed by atoms with van der Waals surface area (Å²) in [5, 5.41) is 3.32. The van der Waals surface area contributed by atoms with E-state index in [0.29, 0.717) is 12.4 Å². The third-order valence-electron chi connectivity index (χ3n) is 3.99. The number of fused-ring (bicyclic) bond motifs is 1. The van der Waals surface area contributed by atoms with E-state index in [4.69, 9.17) is 9.47 Å². The van der Waals surface area contributed by atoms with Gasteiger partial charge < -0.3 is 14.8 Å². The lowest BCUT2D eigenvalue weighted by Gasteiger charge is -2.38. The number of ether oxygens (including phenoxy) is 2. The number of piperazine rings is 1. The molecule has 1 saturated heterocycles. The Morgan fingerprint density at radius 1 is 1.27 bits per heavy atom. The summed E-state index contributed by atoms with van der Waals surface area (Å²) in [7, 11) is 0. The first-order valence-electron chi connectivity index (χ1n) is 7.44. The Kier molecular flexibility index (Phi) is 4.44. The van der Waals surface area contributed by atoms with Gasteiger partial charge in [0.05, 0.1) is 6.61 Å². The van der Waals surface area contributed by atoms with E-state index in [-0.39, 0.29) is 11.8 Å². The maximum Gasteiger partial charge on any atom is 0.422 e. The average molecular weight is 316 g/mol. The Labute approximate surface area is 127 Å². The van der Waals surface area contributed by atoms with E-state index in [1.54, 1.807) is 12.1 Å². The van der Waals surface area contributed by atoms with Crippen LogP contribution in [-0.2, 0) is 0 Å². The molecule has 0 amide bonds. The highest BCUT2D eigenvalue weighted by Gasteiger charge is 2.30. The summed E-state index contributed by atoms with van der Waals surface area (Å²) in [5.74, 6) is 0.825. The lowest BCUT2D eigenvalue weighted by molar-refractivity contribution is -0.153. The topological polar surface area (TPSA) is 33.7 Å². The number of hydrogen-bond donors (Lipinski definition) is 1. The predicted molar refractivity (Wildman–Crippen MR) is 75.3 cm³/mol. The Morgan fingerprint density at radius 2 is 2.05 bits per heavy atom. The molecular formula is C15H19F3N2O2. The maximum atomic E-state index is 12.2. The zero-order valence-corrected chi connectivity index (χ0v) is 12.2. The zero-order valence-electron chi connectivity index (χ0n) is 12.2. The molecule has 122 valence electrons. The van der Waals surface area contributed by atoms with Crippen LogP contribution in [0.2, 0.25) is 0 Å². The van der Waals surface area contributed by atoms with Gasteiger partial charge in [-0.05, 0) is 6.07 Å². The lowest BCUT2D eigenvalue weighted by Crippen LogP contribution is -2.46. The van der Waals surface area contributed by atoms with Crippen LogP contribution >= 0.6 is 0 Å². The number of rotatable bonds is 3. The van der Waals surface area contributed by atoms with Crippen LogP contribution in [0.4, 0.5) is 13.2 Å². The Balaban J connectivity index is 1.74. The summed E-state index contributed by atoms with van der Waals surface area (Å²) in [4.78, 5) is 2.40. The summed E-state index contributed by atoms with van der Waals surface area (Å²) < 4.78 is 47.1. The van der Waals surface area contributed by atoms with Crippen molar-refractivity contribution >= 4 is 0 Å². The molecule has 0 spiro atoms. The van der Waals surface area contributed by atoms with Crippen LogP contribution in [0.25, 0.3) is 0 Å². The average Bonchev–Trinajstić information content (AvgIpc) is 2.52. The number of halogens is 3. The predicted octanol–water partition coefficient (Wildman–Crippen LogP) is 2.36. The Bertz CT molecular complexity index is 516. The molecule has 1 aromatic rings. The molecule has 1 fully saturated rings. The molecule has 0 radical (unpaired) electrons. The quantitative estimate of drug-likeness (QED) is 0.928. The molecule has 0 aliphatic carbocycles. The van der Waals surface area contributed by atoms with Gasteiger partial charge in [0.25, 0.3) is 0 Å². The first-order valence-corrected chi connectivity index (χ1v) is 7.44. The first-order chi connectivity index (χ1) is 10.5. The molecule has 0 aromatic heterocycles. The van der Waals surface area contributed by atoms with E-state index >= 15 is 0 Å². The normalized spacial score (nSPS) is 22.8.